The number of nitrogens with one attached hydrogen (secondary N) is 1. The third-order valence-corrected chi connectivity index (χ3v) is 7.77. The van der Waals surface area contributed by atoms with Gasteiger partial charge in [-0.25, -0.2) is 0 Å². The molecule has 4 rings (SSSR count). The molecule has 230 valence electrons. The van der Waals surface area contributed by atoms with Gasteiger partial charge in [0.25, 0.3) is 0 Å². The molecule has 0 aliphatic carbocycles. The fourth-order valence-corrected chi connectivity index (χ4v) is 5.25. The topological polar surface area (TPSA) is 74.3 Å². The van der Waals surface area contributed by atoms with Gasteiger partial charge in [0.15, 0.2) is 0 Å². The van der Waals surface area contributed by atoms with Crippen molar-refractivity contribution in [3.8, 4) is 0 Å². The van der Waals surface area contributed by atoms with E-state index in [1.54, 1.807) is 7.11 Å². The van der Waals surface area contributed by atoms with Gasteiger partial charge in [-0.3, -0.25) is 14.6 Å². The van der Waals surface area contributed by atoms with Gasteiger partial charge >= 0.3 is 0 Å². The monoisotopic (exact) mass is 578 g/mol. The van der Waals surface area contributed by atoms with Gasteiger partial charge in [0.2, 0.25) is 5.91 Å². The zero-order valence-corrected chi connectivity index (χ0v) is 26.3. The Morgan fingerprint density at radius 3 is 2.38 bits per heavy atom. The Balaban J connectivity index is 0.000000892. The molecule has 2 fully saturated rings. The molecule has 8 nitrogen and oxygen atoms in total. The number of likely N-dealkylation sites (N-methyl/N-ethyl adjacent to an activating group) is 1. The number of benzene rings is 2. The zero-order chi connectivity index (χ0) is 30.5. The van der Waals surface area contributed by atoms with Crippen molar-refractivity contribution in [2.24, 2.45) is 5.92 Å². The first-order valence-electron chi connectivity index (χ1n) is 15.2. The van der Waals surface area contributed by atoms with Crippen LogP contribution in [0.15, 0.2) is 54.6 Å². The van der Waals surface area contributed by atoms with E-state index in [2.05, 4.69) is 95.5 Å². The SMILES string of the molecule is CC(C)C=O.CC/C=C(\OC)c1ccc(CNC(=O)C2CN(Cc3ccccc3N3CCOCC3)CC(C)N2C)cc1. The number of para-hydroxylation sites is 1. The van der Waals surface area contributed by atoms with Gasteiger partial charge in [0.05, 0.1) is 20.3 Å². The number of allylic oxidation sites excluding steroid dienone is 1. The van der Waals surface area contributed by atoms with Crippen molar-refractivity contribution >= 4 is 23.6 Å². The van der Waals surface area contributed by atoms with Crippen LogP contribution in [0, 0.1) is 5.92 Å². The van der Waals surface area contributed by atoms with Gasteiger partial charge in [-0.2, -0.15) is 0 Å². The minimum atomic E-state index is -0.189. The van der Waals surface area contributed by atoms with E-state index in [1.165, 1.54) is 11.3 Å². The van der Waals surface area contributed by atoms with Crippen LogP contribution >= 0.6 is 0 Å². The lowest BCUT2D eigenvalue weighted by molar-refractivity contribution is -0.130. The van der Waals surface area contributed by atoms with E-state index in [-0.39, 0.29) is 23.9 Å². The van der Waals surface area contributed by atoms with Gasteiger partial charge in [-0.05, 0) is 43.7 Å². The van der Waals surface area contributed by atoms with Crippen molar-refractivity contribution < 1.29 is 19.1 Å². The minimum Gasteiger partial charge on any atom is -0.496 e. The summed E-state index contributed by atoms with van der Waals surface area (Å²) in [4.78, 5) is 29.9. The highest BCUT2D eigenvalue weighted by Crippen LogP contribution is 2.25. The van der Waals surface area contributed by atoms with Crippen molar-refractivity contribution in [3.05, 3.63) is 71.3 Å². The lowest BCUT2D eigenvalue weighted by Crippen LogP contribution is -2.60. The molecule has 0 spiro atoms. The Kier molecular flexibility index (Phi) is 13.5. The number of hydrogen-bond donors (Lipinski definition) is 1. The van der Waals surface area contributed by atoms with Crippen LogP contribution in [0.5, 0.6) is 0 Å². The maximum Gasteiger partial charge on any atom is 0.238 e. The lowest BCUT2D eigenvalue weighted by Gasteiger charge is -2.43. The first kappa shape index (κ1) is 33.3. The fraction of sp³-hybridized carbons (Fsp3) is 0.529. The number of amides is 1. The van der Waals surface area contributed by atoms with Crippen LogP contribution in [-0.2, 0) is 32.2 Å². The Labute approximate surface area is 252 Å². The van der Waals surface area contributed by atoms with E-state index in [4.69, 9.17) is 9.47 Å². The molecule has 0 saturated carbocycles. The predicted octanol–water partition coefficient (Wildman–Crippen LogP) is 4.58. The highest BCUT2D eigenvalue weighted by molar-refractivity contribution is 5.82. The lowest BCUT2D eigenvalue weighted by atomic mass is 10.0. The van der Waals surface area contributed by atoms with Gasteiger partial charge < -0.3 is 24.5 Å². The number of methoxy groups -OCH3 is 1. The number of piperazine rings is 1. The Morgan fingerprint density at radius 1 is 1.10 bits per heavy atom. The van der Waals surface area contributed by atoms with Gasteiger partial charge in [-0.1, -0.05) is 63.2 Å². The van der Waals surface area contributed by atoms with Crippen LogP contribution in [0.4, 0.5) is 5.69 Å². The number of hydrogen-bond acceptors (Lipinski definition) is 7. The second-order valence-corrected chi connectivity index (χ2v) is 11.4. The highest BCUT2D eigenvalue weighted by Gasteiger charge is 2.34. The molecule has 0 bridgehead atoms. The van der Waals surface area contributed by atoms with Crippen LogP contribution in [-0.4, -0.2) is 87.6 Å². The molecule has 0 radical (unpaired) electrons. The summed E-state index contributed by atoms with van der Waals surface area (Å²) < 4.78 is 11.0. The highest BCUT2D eigenvalue weighted by atomic mass is 16.5. The van der Waals surface area contributed by atoms with Crippen LogP contribution in [0.25, 0.3) is 5.76 Å². The van der Waals surface area contributed by atoms with E-state index in [0.717, 1.165) is 69.0 Å². The summed E-state index contributed by atoms with van der Waals surface area (Å²) in [6.45, 7) is 14.4. The molecule has 2 unspecified atom stereocenters. The van der Waals surface area contributed by atoms with Crippen LogP contribution in [0.3, 0.4) is 0 Å². The molecular weight excluding hydrogens is 528 g/mol. The van der Waals surface area contributed by atoms with Crippen LogP contribution < -0.4 is 10.2 Å². The average molecular weight is 579 g/mol. The molecule has 42 heavy (non-hydrogen) atoms. The number of anilines is 1. The number of morpholine rings is 1. The fourth-order valence-electron chi connectivity index (χ4n) is 5.25. The Bertz CT molecular complexity index is 1140. The number of nitrogens with zero attached hydrogens (tertiary/aromatic N) is 3. The largest absolute Gasteiger partial charge is 0.496 e. The summed E-state index contributed by atoms with van der Waals surface area (Å²) in [6.07, 6.45) is 3.91. The number of aldehydes is 1. The standard InChI is InChI=1S/C30H42N4O3.C4H8O/c1-5-8-29(36-4)25-13-11-24(12-14-25)19-31-30(35)28-22-33(20-23(2)32(28)3)21-26-9-6-7-10-27(26)34-15-17-37-18-16-34;1-4(2)3-5/h6-14,23,28H,5,15-22H2,1-4H3,(H,31,35);3-4H,1-2H3/b29-8-;. The smallest absolute Gasteiger partial charge is 0.238 e. The number of carbonyl (C=O) groups excluding carboxylic acids is 2. The summed E-state index contributed by atoms with van der Waals surface area (Å²) in [5, 5.41) is 3.18. The maximum atomic E-state index is 13.3. The first-order valence-corrected chi connectivity index (χ1v) is 15.2. The predicted molar refractivity (Wildman–Crippen MR) is 170 cm³/mol. The summed E-state index contributed by atoms with van der Waals surface area (Å²) in [5.74, 6) is 1.16. The van der Waals surface area contributed by atoms with Gasteiger partial charge in [0.1, 0.15) is 18.1 Å². The molecule has 1 amide bonds. The zero-order valence-electron chi connectivity index (χ0n) is 26.3. The van der Waals surface area contributed by atoms with Gasteiger partial charge in [-0.15, -0.1) is 0 Å². The van der Waals surface area contributed by atoms with E-state index in [9.17, 15) is 9.59 Å². The Morgan fingerprint density at radius 2 is 1.76 bits per heavy atom. The average Bonchev–Trinajstić information content (AvgIpc) is 3.01. The summed E-state index contributed by atoms with van der Waals surface area (Å²) in [5.41, 5.74) is 4.72. The number of ether oxygens (including phenoxy) is 2. The van der Waals surface area contributed by atoms with Crippen molar-refractivity contribution in [1.29, 1.82) is 0 Å². The molecule has 0 aromatic heterocycles. The Hall–Kier alpha value is -3.20. The van der Waals surface area contributed by atoms with Crippen molar-refractivity contribution in [1.82, 2.24) is 15.1 Å². The molecule has 2 aromatic carbocycles. The van der Waals surface area contributed by atoms with Crippen LogP contribution in [0.2, 0.25) is 0 Å². The molecular formula is C34H50N4O4. The molecule has 1 N–H and O–H groups in total. The van der Waals surface area contributed by atoms with Crippen LogP contribution in [0.1, 0.15) is 50.8 Å². The van der Waals surface area contributed by atoms with E-state index in [0.29, 0.717) is 13.1 Å². The molecule has 2 heterocycles. The third kappa shape index (κ3) is 9.68. The summed E-state index contributed by atoms with van der Waals surface area (Å²) in [7, 11) is 3.76. The van der Waals surface area contributed by atoms with Crippen molar-refractivity contribution in [2.45, 2.75) is 59.3 Å². The van der Waals surface area contributed by atoms with E-state index >= 15 is 0 Å². The van der Waals surface area contributed by atoms with Crippen molar-refractivity contribution in [2.75, 3.05) is 58.5 Å². The second-order valence-electron chi connectivity index (χ2n) is 11.4. The van der Waals surface area contributed by atoms with E-state index < -0.39 is 0 Å². The quantitative estimate of drug-likeness (QED) is 0.327. The second kappa shape index (κ2) is 17.0. The summed E-state index contributed by atoms with van der Waals surface area (Å²) in [6, 6.07) is 17.0. The molecule has 2 aliphatic rings. The molecule has 8 heteroatoms. The van der Waals surface area contributed by atoms with Gasteiger partial charge in [0, 0.05) is 62.5 Å². The number of rotatable bonds is 10. The molecule has 2 aromatic rings. The first-order chi connectivity index (χ1) is 20.3. The third-order valence-electron chi connectivity index (χ3n) is 7.77. The molecule has 2 saturated heterocycles. The van der Waals surface area contributed by atoms with E-state index in [1.807, 2.05) is 13.8 Å². The maximum absolute atomic E-state index is 13.3. The molecule has 2 atom stereocenters. The van der Waals surface area contributed by atoms with Crippen molar-refractivity contribution in [3.63, 3.8) is 0 Å². The summed E-state index contributed by atoms with van der Waals surface area (Å²) >= 11 is 0. The minimum absolute atomic E-state index is 0.0769. The molecule has 2 aliphatic heterocycles. The number of carbonyl (C=O) groups is 2. The normalized spacial score (nSPS) is 20.1.